The Morgan fingerprint density at radius 1 is 1.50 bits per heavy atom. The van der Waals surface area contributed by atoms with Crippen LogP contribution < -0.4 is 5.32 Å². The smallest absolute Gasteiger partial charge is 0.274 e. The zero-order chi connectivity index (χ0) is 13.0. The maximum Gasteiger partial charge on any atom is 0.274 e. The first-order valence-corrected chi connectivity index (χ1v) is 6.18. The summed E-state index contributed by atoms with van der Waals surface area (Å²) in [6.45, 7) is 0.337. The van der Waals surface area contributed by atoms with Crippen molar-refractivity contribution in [3.8, 4) is 0 Å². The lowest BCUT2D eigenvalue weighted by Gasteiger charge is -2.37. The van der Waals surface area contributed by atoms with E-state index >= 15 is 0 Å². The Bertz CT molecular complexity index is 403. The molecule has 2 rings (SSSR count). The van der Waals surface area contributed by atoms with Crippen molar-refractivity contribution >= 4 is 11.7 Å². The second-order valence-corrected chi connectivity index (χ2v) is 4.34. The van der Waals surface area contributed by atoms with Crippen LogP contribution in [0.4, 0.5) is 5.82 Å². The molecule has 0 atom stereocenters. The van der Waals surface area contributed by atoms with Crippen LogP contribution in [0.25, 0.3) is 0 Å². The lowest BCUT2D eigenvalue weighted by atomic mass is 9.91. The third-order valence-electron chi connectivity index (χ3n) is 3.24. The van der Waals surface area contributed by atoms with Crippen LogP contribution in [0.2, 0.25) is 0 Å². The Balaban J connectivity index is 2.10. The molecule has 0 radical (unpaired) electrons. The average molecular weight is 250 g/mol. The molecule has 0 unspecified atom stereocenters. The van der Waals surface area contributed by atoms with E-state index in [0.29, 0.717) is 18.1 Å². The van der Waals surface area contributed by atoms with Gasteiger partial charge in [-0.25, -0.2) is 9.97 Å². The second kappa shape index (κ2) is 5.77. The van der Waals surface area contributed by atoms with Gasteiger partial charge in [0, 0.05) is 19.6 Å². The lowest BCUT2D eigenvalue weighted by Crippen LogP contribution is -2.45. The molecule has 0 saturated heterocycles. The first-order valence-electron chi connectivity index (χ1n) is 6.18. The van der Waals surface area contributed by atoms with E-state index in [9.17, 15) is 4.79 Å². The molecule has 1 amide bonds. The van der Waals surface area contributed by atoms with Crippen LogP contribution in [-0.4, -0.2) is 52.1 Å². The van der Waals surface area contributed by atoms with Gasteiger partial charge in [-0.05, 0) is 19.3 Å². The molecule has 0 bridgehead atoms. The van der Waals surface area contributed by atoms with Gasteiger partial charge in [0.05, 0.1) is 19.0 Å². The van der Waals surface area contributed by atoms with Crippen LogP contribution in [0.1, 0.15) is 29.8 Å². The number of anilines is 1. The maximum atomic E-state index is 12.3. The summed E-state index contributed by atoms with van der Waals surface area (Å²) in [7, 11) is 1.75. The summed E-state index contributed by atoms with van der Waals surface area (Å²) in [5, 5.41) is 11.9. The quantitative estimate of drug-likeness (QED) is 0.796. The number of aliphatic hydroxyl groups is 1. The second-order valence-electron chi connectivity index (χ2n) is 4.34. The Morgan fingerprint density at radius 3 is 2.72 bits per heavy atom. The van der Waals surface area contributed by atoms with E-state index < -0.39 is 0 Å². The number of carbonyl (C=O) groups excluding carboxylic acids is 1. The summed E-state index contributed by atoms with van der Waals surface area (Å²) in [5.74, 6) is 0.479. The molecule has 6 nitrogen and oxygen atoms in total. The van der Waals surface area contributed by atoms with Crippen LogP contribution >= 0.6 is 0 Å². The summed E-state index contributed by atoms with van der Waals surface area (Å²) in [6, 6.07) is 0.246. The van der Waals surface area contributed by atoms with Gasteiger partial charge in [0.15, 0.2) is 0 Å². The summed E-state index contributed by atoms with van der Waals surface area (Å²) in [4.78, 5) is 22.1. The molecule has 0 spiro atoms. The van der Waals surface area contributed by atoms with E-state index in [0.717, 1.165) is 19.3 Å². The first kappa shape index (κ1) is 12.8. The molecule has 1 saturated carbocycles. The van der Waals surface area contributed by atoms with Gasteiger partial charge in [0.1, 0.15) is 11.5 Å². The first-order chi connectivity index (χ1) is 8.76. The molecule has 18 heavy (non-hydrogen) atoms. The highest BCUT2D eigenvalue weighted by molar-refractivity contribution is 5.92. The molecule has 1 aliphatic rings. The van der Waals surface area contributed by atoms with Crippen molar-refractivity contribution < 1.29 is 9.90 Å². The molecule has 1 aromatic rings. The number of hydrogen-bond donors (Lipinski definition) is 2. The van der Waals surface area contributed by atoms with Gasteiger partial charge in [-0.2, -0.15) is 0 Å². The van der Waals surface area contributed by atoms with Gasteiger partial charge in [-0.1, -0.05) is 0 Å². The largest absolute Gasteiger partial charge is 0.395 e. The Kier molecular flexibility index (Phi) is 4.09. The summed E-state index contributed by atoms with van der Waals surface area (Å²) >= 11 is 0. The van der Waals surface area contributed by atoms with Gasteiger partial charge >= 0.3 is 0 Å². The fraction of sp³-hybridized carbons (Fsp3) is 0.583. The number of nitrogens with one attached hydrogen (secondary N) is 1. The molecule has 0 aromatic carbocycles. The highest BCUT2D eigenvalue weighted by Gasteiger charge is 2.29. The highest BCUT2D eigenvalue weighted by atomic mass is 16.3. The Hall–Kier alpha value is -1.69. The van der Waals surface area contributed by atoms with Crippen molar-refractivity contribution in [3.05, 3.63) is 18.1 Å². The number of aromatic nitrogens is 2. The topological polar surface area (TPSA) is 78.4 Å². The molecule has 98 valence electrons. The fourth-order valence-electron chi connectivity index (χ4n) is 1.97. The van der Waals surface area contributed by atoms with Crippen LogP contribution in [0.15, 0.2) is 12.4 Å². The zero-order valence-corrected chi connectivity index (χ0v) is 10.5. The minimum absolute atomic E-state index is 0.0235. The zero-order valence-electron chi connectivity index (χ0n) is 10.5. The Morgan fingerprint density at radius 2 is 2.28 bits per heavy atom. The summed E-state index contributed by atoms with van der Waals surface area (Å²) in [5.41, 5.74) is 0.328. The van der Waals surface area contributed by atoms with Crippen molar-refractivity contribution in [2.24, 2.45) is 0 Å². The number of carbonyl (C=O) groups is 1. The molecule has 6 heteroatoms. The average Bonchev–Trinajstić information content (AvgIpc) is 2.35. The number of rotatable bonds is 5. The SMILES string of the molecule is CNc1cnc(C(=O)N(CCO)C2CCC2)cn1. The maximum absolute atomic E-state index is 12.3. The van der Waals surface area contributed by atoms with Crippen molar-refractivity contribution in [2.45, 2.75) is 25.3 Å². The van der Waals surface area contributed by atoms with Crippen LogP contribution in [-0.2, 0) is 0 Å². The van der Waals surface area contributed by atoms with Crippen molar-refractivity contribution in [2.75, 3.05) is 25.5 Å². The molecular formula is C12H18N4O2. The van der Waals surface area contributed by atoms with E-state index in [2.05, 4.69) is 15.3 Å². The molecule has 1 heterocycles. The Labute approximate surface area is 106 Å². The molecule has 1 aromatic heterocycles. The molecule has 1 aliphatic carbocycles. The third kappa shape index (κ3) is 2.59. The molecular weight excluding hydrogens is 232 g/mol. The lowest BCUT2D eigenvalue weighted by molar-refractivity contribution is 0.0519. The molecule has 2 N–H and O–H groups in total. The van der Waals surface area contributed by atoms with Gasteiger partial charge in [0.25, 0.3) is 5.91 Å². The predicted molar refractivity (Wildman–Crippen MR) is 67.3 cm³/mol. The van der Waals surface area contributed by atoms with Crippen LogP contribution in [0.3, 0.4) is 0 Å². The number of amides is 1. The van der Waals surface area contributed by atoms with Crippen molar-refractivity contribution in [3.63, 3.8) is 0 Å². The van der Waals surface area contributed by atoms with E-state index in [4.69, 9.17) is 5.11 Å². The van der Waals surface area contributed by atoms with E-state index in [1.807, 2.05) is 0 Å². The predicted octanol–water partition coefficient (Wildman–Crippen LogP) is 0.505. The monoisotopic (exact) mass is 250 g/mol. The number of nitrogens with zero attached hydrogens (tertiary/aromatic N) is 3. The van der Waals surface area contributed by atoms with Crippen LogP contribution in [0, 0.1) is 0 Å². The van der Waals surface area contributed by atoms with Gasteiger partial charge in [0.2, 0.25) is 0 Å². The van der Waals surface area contributed by atoms with Gasteiger partial charge < -0.3 is 15.3 Å². The summed E-state index contributed by atoms with van der Waals surface area (Å²) < 4.78 is 0. The van der Waals surface area contributed by atoms with Gasteiger partial charge in [-0.3, -0.25) is 4.79 Å². The normalized spacial score (nSPS) is 15.0. The minimum Gasteiger partial charge on any atom is -0.395 e. The van der Waals surface area contributed by atoms with Crippen molar-refractivity contribution in [1.82, 2.24) is 14.9 Å². The fourth-order valence-corrected chi connectivity index (χ4v) is 1.97. The number of aliphatic hydroxyl groups excluding tert-OH is 1. The van der Waals surface area contributed by atoms with Gasteiger partial charge in [-0.15, -0.1) is 0 Å². The third-order valence-corrected chi connectivity index (χ3v) is 3.24. The number of hydrogen-bond acceptors (Lipinski definition) is 5. The van der Waals surface area contributed by atoms with E-state index in [1.54, 1.807) is 11.9 Å². The highest BCUT2D eigenvalue weighted by Crippen LogP contribution is 2.25. The van der Waals surface area contributed by atoms with Crippen molar-refractivity contribution in [1.29, 1.82) is 0 Å². The standard InChI is InChI=1S/C12H18N4O2/c1-13-11-8-14-10(7-15-11)12(18)16(5-6-17)9-3-2-4-9/h7-9,17H,2-6H2,1H3,(H,13,15). The molecule has 1 fully saturated rings. The van der Waals surface area contributed by atoms with Crippen LogP contribution in [0.5, 0.6) is 0 Å². The summed E-state index contributed by atoms with van der Waals surface area (Å²) in [6.07, 6.45) is 6.16. The minimum atomic E-state index is -0.149. The molecule has 0 aliphatic heterocycles. The van der Waals surface area contributed by atoms with E-state index in [-0.39, 0.29) is 18.6 Å². The van der Waals surface area contributed by atoms with E-state index in [1.165, 1.54) is 12.4 Å².